The highest BCUT2D eigenvalue weighted by atomic mass is 32.2. The summed E-state index contributed by atoms with van der Waals surface area (Å²) in [6, 6.07) is 0. The van der Waals surface area contributed by atoms with Crippen LogP contribution in [0.2, 0.25) is 0 Å². The van der Waals surface area contributed by atoms with Gasteiger partial charge in [0.2, 0.25) is 0 Å². The molecule has 1 heterocycles. The van der Waals surface area contributed by atoms with Crippen LogP contribution in [0.3, 0.4) is 0 Å². The molecule has 0 atom stereocenters. The molecule has 0 fully saturated rings. The van der Waals surface area contributed by atoms with Crippen LogP contribution in [-0.2, 0) is 4.74 Å². The molecular formula is C7H12OS. The topological polar surface area (TPSA) is 9.23 Å². The molecule has 0 aliphatic carbocycles. The lowest BCUT2D eigenvalue weighted by molar-refractivity contribution is 0.203. The van der Waals surface area contributed by atoms with E-state index in [9.17, 15) is 0 Å². The first-order chi connectivity index (χ1) is 4.43. The predicted molar refractivity (Wildman–Crippen MR) is 41.7 cm³/mol. The zero-order chi connectivity index (χ0) is 6.53. The number of ether oxygens (including phenoxy) is 1. The third kappa shape index (κ3) is 2.41. The summed E-state index contributed by atoms with van der Waals surface area (Å²) < 4.78 is 4.95. The van der Waals surface area contributed by atoms with Gasteiger partial charge in [-0.3, -0.25) is 0 Å². The monoisotopic (exact) mass is 144 g/mol. The number of allylic oxidation sites excluding steroid dienone is 1. The van der Waals surface area contributed by atoms with Crippen molar-refractivity contribution in [1.29, 1.82) is 0 Å². The van der Waals surface area contributed by atoms with E-state index in [1.807, 2.05) is 11.8 Å². The number of hydrogen-bond acceptors (Lipinski definition) is 2. The fourth-order valence-electron chi connectivity index (χ4n) is 0.846. The molecule has 1 aliphatic heterocycles. The van der Waals surface area contributed by atoms with Gasteiger partial charge in [-0.2, -0.15) is 0 Å². The lowest BCUT2D eigenvalue weighted by Crippen LogP contribution is -1.87. The van der Waals surface area contributed by atoms with Crippen LogP contribution < -0.4 is 0 Å². The van der Waals surface area contributed by atoms with Gasteiger partial charge >= 0.3 is 0 Å². The van der Waals surface area contributed by atoms with Crippen LogP contribution in [0.4, 0.5) is 0 Å². The predicted octanol–water partition coefficient (Wildman–Crippen LogP) is 2.04. The van der Waals surface area contributed by atoms with E-state index in [2.05, 4.69) is 6.08 Å². The van der Waals surface area contributed by atoms with E-state index in [-0.39, 0.29) is 0 Å². The van der Waals surface area contributed by atoms with Crippen LogP contribution in [0, 0.1) is 0 Å². The Morgan fingerprint density at radius 1 is 1.78 bits per heavy atom. The third-order valence-electron chi connectivity index (χ3n) is 1.33. The molecule has 0 aromatic carbocycles. The van der Waals surface area contributed by atoms with Crippen LogP contribution in [-0.4, -0.2) is 19.5 Å². The number of hydrogen-bond donors (Lipinski definition) is 0. The van der Waals surface area contributed by atoms with Gasteiger partial charge in [-0.25, -0.2) is 0 Å². The Morgan fingerprint density at radius 3 is 3.22 bits per heavy atom. The maximum Gasteiger partial charge on any atom is 0.0507 e. The van der Waals surface area contributed by atoms with Crippen LogP contribution in [0.15, 0.2) is 11.0 Å². The summed E-state index contributed by atoms with van der Waals surface area (Å²) in [5.74, 6) is 1.28. The van der Waals surface area contributed by atoms with Gasteiger partial charge in [0.15, 0.2) is 0 Å². The Hall–Kier alpha value is 0.0500. The Balaban J connectivity index is 2.11. The first kappa shape index (κ1) is 7.16. The summed E-state index contributed by atoms with van der Waals surface area (Å²) in [7, 11) is 1.75. The van der Waals surface area contributed by atoms with E-state index in [0.29, 0.717) is 0 Å². The summed E-state index contributed by atoms with van der Waals surface area (Å²) in [5.41, 5.74) is 0. The van der Waals surface area contributed by atoms with Crippen molar-refractivity contribution >= 4 is 11.8 Å². The first-order valence-electron chi connectivity index (χ1n) is 3.24. The zero-order valence-electron chi connectivity index (χ0n) is 5.72. The average molecular weight is 144 g/mol. The van der Waals surface area contributed by atoms with Crippen LogP contribution >= 0.6 is 11.8 Å². The molecule has 0 aromatic heterocycles. The maximum atomic E-state index is 4.95. The average Bonchev–Trinajstić information content (AvgIpc) is 2.34. The summed E-state index contributed by atoms with van der Waals surface area (Å²) in [6.45, 7) is 0.874. The van der Waals surface area contributed by atoms with Gasteiger partial charge in [0, 0.05) is 19.3 Å². The van der Waals surface area contributed by atoms with E-state index < -0.39 is 0 Å². The fourth-order valence-corrected chi connectivity index (χ4v) is 1.81. The van der Waals surface area contributed by atoms with Gasteiger partial charge < -0.3 is 4.74 Å². The summed E-state index contributed by atoms with van der Waals surface area (Å²) in [5, 5.41) is 0. The third-order valence-corrected chi connectivity index (χ3v) is 2.51. The Labute approximate surface area is 60.5 Å². The van der Waals surface area contributed by atoms with Gasteiger partial charge in [0.25, 0.3) is 0 Å². The molecule has 0 bridgehead atoms. The molecule has 1 nitrogen and oxygen atoms in total. The van der Waals surface area contributed by atoms with Crippen molar-refractivity contribution in [1.82, 2.24) is 0 Å². The zero-order valence-corrected chi connectivity index (χ0v) is 6.54. The summed E-state index contributed by atoms with van der Waals surface area (Å²) in [6.07, 6.45) is 4.68. The SMILES string of the molecule is COCCC1=CCCS1. The van der Waals surface area contributed by atoms with Crippen molar-refractivity contribution in [3.05, 3.63) is 11.0 Å². The molecular weight excluding hydrogens is 132 g/mol. The van der Waals surface area contributed by atoms with Gasteiger partial charge in [0.05, 0.1) is 6.61 Å². The minimum Gasteiger partial charge on any atom is -0.384 e. The van der Waals surface area contributed by atoms with Crippen molar-refractivity contribution in [2.24, 2.45) is 0 Å². The van der Waals surface area contributed by atoms with Crippen molar-refractivity contribution in [3.63, 3.8) is 0 Å². The summed E-state index contributed by atoms with van der Waals surface area (Å²) in [4.78, 5) is 1.51. The second-order valence-corrected chi connectivity index (χ2v) is 3.27. The molecule has 0 N–H and O–H groups in total. The van der Waals surface area contributed by atoms with E-state index >= 15 is 0 Å². The molecule has 0 unspecified atom stereocenters. The standard InChI is InChI=1S/C7H12OS/c1-8-5-4-7-3-2-6-9-7/h3H,2,4-6H2,1H3. The normalized spacial score (nSPS) is 18.1. The molecule has 0 spiro atoms. The highest BCUT2D eigenvalue weighted by Gasteiger charge is 2.02. The van der Waals surface area contributed by atoms with E-state index in [1.54, 1.807) is 7.11 Å². The number of thioether (sulfide) groups is 1. The van der Waals surface area contributed by atoms with Crippen molar-refractivity contribution in [2.75, 3.05) is 19.5 Å². The smallest absolute Gasteiger partial charge is 0.0507 e. The van der Waals surface area contributed by atoms with Crippen molar-refractivity contribution < 1.29 is 4.74 Å². The molecule has 0 radical (unpaired) electrons. The first-order valence-corrected chi connectivity index (χ1v) is 4.23. The van der Waals surface area contributed by atoms with Gasteiger partial charge in [-0.05, 0) is 11.3 Å². The largest absolute Gasteiger partial charge is 0.384 e. The molecule has 9 heavy (non-hydrogen) atoms. The minimum absolute atomic E-state index is 0.874. The summed E-state index contributed by atoms with van der Waals surface area (Å²) >= 11 is 1.96. The van der Waals surface area contributed by atoms with Crippen molar-refractivity contribution in [2.45, 2.75) is 12.8 Å². The van der Waals surface area contributed by atoms with Gasteiger partial charge in [0.1, 0.15) is 0 Å². The molecule has 0 saturated heterocycles. The fraction of sp³-hybridized carbons (Fsp3) is 0.714. The van der Waals surface area contributed by atoms with E-state index in [4.69, 9.17) is 4.74 Å². The van der Waals surface area contributed by atoms with Crippen LogP contribution in [0.25, 0.3) is 0 Å². The van der Waals surface area contributed by atoms with E-state index in [1.165, 1.54) is 17.1 Å². The Bertz CT molecular complexity index is 109. The Morgan fingerprint density at radius 2 is 2.67 bits per heavy atom. The van der Waals surface area contributed by atoms with Crippen LogP contribution in [0.5, 0.6) is 0 Å². The lowest BCUT2D eigenvalue weighted by atomic mass is 10.3. The lowest BCUT2D eigenvalue weighted by Gasteiger charge is -1.97. The highest BCUT2D eigenvalue weighted by Crippen LogP contribution is 2.26. The van der Waals surface area contributed by atoms with Gasteiger partial charge in [-0.15, -0.1) is 11.8 Å². The van der Waals surface area contributed by atoms with Crippen molar-refractivity contribution in [3.8, 4) is 0 Å². The molecule has 52 valence electrons. The molecule has 2 heteroatoms. The molecule has 0 amide bonds. The quantitative estimate of drug-likeness (QED) is 0.599. The van der Waals surface area contributed by atoms with E-state index in [0.717, 1.165) is 13.0 Å². The Kier molecular flexibility index (Phi) is 3.15. The molecule has 0 aromatic rings. The molecule has 0 saturated carbocycles. The maximum absolute atomic E-state index is 4.95. The molecule has 1 aliphatic rings. The number of methoxy groups -OCH3 is 1. The van der Waals surface area contributed by atoms with Gasteiger partial charge in [-0.1, -0.05) is 6.08 Å². The number of rotatable bonds is 3. The van der Waals surface area contributed by atoms with Crippen LogP contribution in [0.1, 0.15) is 12.8 Å². The second-order valence-electron chi connectivity index (χ2n) is 2.05. The highest BCUT2D eigenvalue weighted by molar-refractivity contribution is 8.03. The second kappa shape index (κ2) is 3.96. The molecule has 1 rings (SSSR count). The minimum atomic E-state index is 0.874.